The SMILES string of the molecule is CN(C)C1CCN(C(=O)c2ccnc(F)c2F)C1. The van der Waals surface area contributed by atoms with Crippen molar-refractivity contribution in [1.29, 1.82) is 0 Å². The Bertz CT molecular complexity index is 465. The van der Waals surface area contributed by atoms with Crippen LogP contribution in [-0.2, 0) is 0 Å². The first-order valence-electron chi connectivity index (χ1n) is 5.76. The zero-order chi connectivity index (χ0) is 13.3. The second-order valence-corrected chi connectivity index (χ2v) is 4.62. The third-order valence-electron chi connectivity index (χ3n) is 3.26. The summed E-state index contributed by atoms with van der Waals surface area (Å²) in [4.78, 5) is 18.8. The van der Waals surface area contributed by atoms with E-state index in [9.17, 15) is 13.6 Å². The molecule has 0 aliphatic carbocycles. The lowest BCUT2D eigenvalue weighted by Crippen LogP contribution is -2.35. The zero-order valence-electron chi connectivity index (χ0n) is 10.4. The fourth-order valence-corrected chi connectivity index (χ4v) is 2.10. The molecule has 1 aliphatic rings. The van der Waals surface area contributed by atoms with Crippen molar-refractivity contribution in [3.63, 3.8) is 0 Å². The van der Waals surface area contributed by atoms with Crippen molar-refractivity contribution < 1.29 is 13.6 Å². The molecule has 1 saturated heterocycles. The first-order chi connectivity index (χ1) is 8.50. The number of pyridine rings is 1. The van der Waals surface area contributed by atoms with E-state index in [4.69, 9.17) is 0 Å². The number of nitrogens with zero attached hydrogens (tertiary/aromatic N) is 3. The van der Waals surface area contributed by atoms with Gasteiger partial charge in [-0.1, -0.05) is 0 Å². The van der Waals surface area contributed by atoms with Crippen molar-refractivity contribution in [2.45, 2.75) is 12.5 Å². The van der Waals surface area contributed by atoms with Crippen molar-refractivity contribution in [2.24, 2.45) is 0 Å². The Kier molecular flexibility index (Phi) is 3.56. The van der Waals surface area contributed by atoms with Crippen LogP contribution in [0.1, 0.15) is 16.8 Å². The summed E-state index contributed by atoms with van der Waals surface area (Å²) >= 11 is 0. The van der Waals surface area contributed by atoms with Crippen molar-refractivity contribution in [3.8, 4) is 0 Å². The standard InChI is InChI=1S/C12H15F2N3O/c1-16(2)8-4-6-17(7-8)12(18)9-3-5-15-11(14)10(9)13/h3,5,8H,4,6-7H2,1-2H3. The molecule has 1 unspecified atom stereocenters. The fourth-order valence-electron chi connectivity index (χ4n) is 2.10. The van der Waals surface area contributed by atoms with Gasteiger partial charge in [0.25, 0.3) is 5.91 Å². The van der Waals surface area contributed by atoms with Crippen LogP contribution in [0.3, 0.4) is 0 Å². The largest absolute Gasteiger partial charge is 0.337 e. The maximum atomic E-state index is 13.5. The number of carbonyl (C=O) groups is 1. The van der Waals surface area contributed by atoms with E-state index in [2.05, 4.69) is 4.98 Å². The van der Waals surface area contributed by atoms with Gasteiger partial charge in [0.05, 0.1) is 5.56 Å². The highest BCUT2D eigenvalue weighted by atomic mass is 19.2. The fraction of sp³-hybridized carbons (Fsp3) is 0.500. The molecule has 1 aromatic heterocycles. The van der Waals surface area contributed by atoms with Crippen LogP contribution in [0, 0.1) is 11.8 Å². The third-order valence-corrected chi connectivity index (χ3v) is 3.26. The lowest BCUT2D eigenvalue weighted by molar-refractivity contribution is 0.0777. The van der Waals surface area contributed by atoms with Crippen LogP contribution in [0.15, 0.2) is 12.3 Å². The average molecular weight is 255 g/mol. The molecule has 1 aromatic rings. The normalized spacial score (nSPS) is 19.6. The van der Waals surface area contributed by atoms with E-state index in [0.717, 1.165) is 12.6 Å². The Balaban J connectivity index is 2.16. The molecule has 98 valence electrons. The Hall–Kier alpha value is -1.56. The summed E-state index contributed by atoms with van der Waals surface area (Å²) in [7, 11) is 3.87. The number of rotatable bonds is 2. The number of amides is 1. The van der Waals surface area contributed by atoms with Crippen LogP contribution in [0.5, 0.6) is 0 Å². The summed E-state index contributed by atoms with van der Waals surface area (Å²) in [6.45, 7) is 1.10. The molecule has 1 fully saturated rings. The summed E-state index contributed by atoms with van der Waals surface area (Å²) < 4.78 is 26.4. The molecule has 6 heteroatoms. The molecular formula is C12H15F2N3O. The molecule has 2 rings (SSSR count). The highest BCUT2D eigenvalue weighted by molar-refractivity contribution is 5.94. The number of halogens is 2. The smallest absolute Gasteiger partial charge is 0.257 e. The van der Waals surface area contributed by atoms with E-state index in [-0.39, 0.29) is 11.6 Å². The molecular weight excluding hydrogens is 240 g/mol. The predicted molar refractivity (Wildman–Crippen MR) is 62.1 cm³/mol. The molecule has 0 bridgehead atoms. The van der Waals surface area contributed by atoms with Gasteiger partial charge in [0.1, 0.15) is 0 Å². The van der Waals surface area contributed by atoms with Crippen molar-refractivity contribution in [3.05, 3.63) is 29.6 Å². The van der Waals surface area contributed by atoms with Gasteiger partial charge < -0.3 is 9.80 Å². The van der Waals surface area contributed by atoms with Gasteiger partial charge in [-0.2, -0.15) is 4.39 Å². The van der Waals surface area contributed by atoms with Gasteiger partial charge in [0.15, 0.2) is 5.82 Å². The molecule has 18 heavy (non-hydrogen) atoms. The van der Waals surface area contributed by atoms with E-state index in [1.165, 1.54) is 6.07 Å². The lowest BCUT2D eigenvalue weighted by Gasteiger charge is -2.20. The topological polar surface area (TPSA) is 36.4 Å². The third kappa shape index (κ3) is 2.33. The lowest BCUT2D eigenvalue weighted by atomic mass is 10.2. The van der Waals surface area contributed by atoms with E-state index in [1.54, 1.807) is 4.90 Å². The number of carbonyl (C=O) groups excluding carboxylic acids is 1. The van der Waals surface area contributed by atoms with E-state index >= 15 is 0 Å². The summed E-state index contributed by atoms with van der Waals surface area (Å²) in [6, 6.07) is 1.48. The first kappa shape index (κ1) is 12.9. The van der Waals surface area contributed by atoms with Crippen molar-refractivity contribution in [2.75, 3.05) is 27.2 Å². The van der Waals surface area contributed by atoms with Crippen LogP contribution >= 0.6 is 0 Å². The van der Waals surface area contributed by atoms with Gasteiger partial charge in [-0.15, -0.1) is 0 Å². The monoisotopic (exact) mass is 255 g/mol. The number of likely N-dealkylation sites (N-methyl/N-ethyl adjacent to an activating group) is 1. The van der Waals surface area contributed by atoms with Crippen LogP contribution in [0.2, 0.25) is 0 Å². The number of aromatic nitrogens is 1. The van der Waals surface area contributed by atoms with E-state index < -0.39 is 17.7 Å². The molecule has 1 amide bonds. The highest BCUT2D eigenvalue weighted by Crippen LogP contribution is 2.18. The molecule has 4 nitrogen and oxygen atoms in total. The second-order valence-electron chi connectivity index (χ2n) is 4.62. The van der Waals surface area contributed by atoms with Gasteiger partial charge in [-0.3, -0.25) is 4.79 Å². The maximum Gasteiger partial charge on any atom is 0.257 e. The quantitative estimate of drug-likeness (QED) is 0.743. The van der Waals surface area contributed by atoms with E-state index in [0.29, 0.717) is 13.1 Å². The van der Waals surface area contributed by atoms with Crippen LogP contribution in [-0.4, -0.2) is 53.9 Å². The van der Waals surface area contributed by atoms with Crippen LogP contribution in [0.4, 0.5) is 8.78 Å². The van der Waals surface area contributed by atoms with Crippen LogP contribution < -0.4 is 0 Å². The van der Waals surface area contributed by atoms with Crippen molar-refractivity contribution >= 4 is 5.91 Å². The summed E-state index contributed by atoms with van der Waals surface area (Å²) in [5.74, 6) is -2.88. The minimum atomic E-state index is -1.23. The van der Waals surface area contributed by atoms with Crippen LogP contribution in [0.25, 0.3) is 0 Å². The Morgan fingerprint density at radius 2 is 2.22 bits per heavy atom. The molecule has 0 spiro atoms. The number of likely N-dealkylation sites (tertiary alicyclic amines) is 1. The zero-order valence-corrected chi connectivity index (χ0v) is 10.4. The number of hydrogen-bond donors (Lipinski definition) is 0. The van der Waals surface area contributed by atoms with Gasteiger partial charge in [-0.05, 0) is 26.6 Å². The van der Waals surface area contributed by atoms with Gasteiger partial charge in [0, 0.05) is 25.3 Å². The second kappa shape index (κ2) is 4.97. The minimum Gasteiger partial charge on any atom is -0.337 e. The molecule has 2 heterocycles. The predicted octanol–water partition coefficient (Wildman–Crippen LogP) is 1.14. The average Bonchev–Trinajstić information content (AvgIpc) is 2.81. The van der Waals surface area contributed by atoms with Gasteiger partial charge >= 0.3 is 0 Å². The Labute approximate surface area is 104 Å². The van der Waals surface area contributed by atoms with Gasteiger partial charge in [-0.25, -0.2) is 9.37 Å². The Morgan fingerprint density at radius 1 is 1.50 bits per heavy atom. The van der Waals surface area contributed by atoms with Crippen molar-refractivity contribution in [1.82, 2.24) is 14.8 Å². The highest BCUT2D eigenvalue weighted by Gasteiger charge is 2.30. The summed E-state index contributed by atoms with van der Waals surface area (Å²) in [5, 5.41) is 0. The first-order valence-corrected chi connectivity index (χ1v) is 5.76. The minimum absolute atomic E-state index is 0.248. The van der Waals surface area contributed by atoms with Gasteiger partial charge in [0.2, 0.25) is 5.95 Å². The molecule has 0 aromatic carbocycles. The van der Waals surface area contributed by atoms with E-state index in [1.807, 2.05) is 19.0 Å². The molecule has 0 saturated carbocycles. The number of hydrogen-bond acceptors (Lipinski definition) is 3. The molecule has 1 aliphatic heterocycles. The summed E-state index contributed by atoms with van der Waals surface area (Å²) in [5.41, 5.74) is -0.248. The molecule has 1 atom stereocenters. The molecule has 0 N–H and O–H groups in total. The summed E-state index contributed by atoms with van der Waals surface area (Å²) in [6.07, 6.45) is 1.94. The maximum absolute atomic E-state index is 13.5. The molecule has 0 radical (unpaired) electrons. The Morgan fingerprint density at radius 3 is 2.83 bits per heavy atom.